The van der Waals surface area contributed by atoms with Crippen molar-refractivity contribution < 1.29 is 0 Å². The molecule has 0 amide bonds. The maximum Gasteiger partial charge on any atom is 0.0124 e. The Kier molecular flexibility index (Phi) is 4.92. The molecule has 9 heavy (non-hydrogen) atoms. The minimum Gasteiger partial charge on any atom is -0.366 e. The molecule has 52 valence electrons. The van der Waals surface area contributed by atoms with Gasteiger partial charge in [-0.1, -0.05) is 19.6 Å². The minimum atomic E-state index is 0.573. The van der Waals surface area contributed by atoms with Crippen LogP contribution in [0.1, 0.15) is 13.3 Å². The van der Waals surface area contributed by atoms with Crippen LogP contribution in [0.3, 0.4) is 0 Å². The molecule has 0 aromatic carbocycles. The third kappa shape index (κ3) is 5.11. The Morgan fingerprint density at radius 2 is 2.44 bits per heavy atom. The molecule has 0 radical (unpaired) electrons. The van der Waals surface area contributed by atoms with Crippen LogP contribution in [-0.2, 0) is 0 Å². The quantitative estimate of drug-likeness (QED) is 0.589. The van der Waals surface area contributed by atoms with Gasteiger partial charge in [-0.15, -0.1) is 0 Å². The molecule has 0 aliphatic carbocycles. The second kappa shape index (κ2) is 5.38. The van der Waals surface area contributed by atoms with Gasteiger partial charge in [0.2, 0.25) is 0 Å². The predicted molar refractivity (Wildman–Crippen MR) is 40.8 cm³/mol. The zero-order valence-corrected chi connectivity index (χ0v) is 5.85. The van der Waals surface area contributed by atoms with Crippen LogP contribution < -0.4 is 11.1 Å². The van der Waals surface area contributed by atoms with Crippen LogP contribution in [0.25, 0.3) is 0 Å². The molecular weight excluding hydrogens is 112 g/mol. The lowest BCUT2D eigenvalue weighted by Gasteiger charge is -1.98. The zero-order chi connectivity index (χ0) is 7.11. The van der Waals surface area contributed by atoms with Gasteiger partial charge in [0, 0.05) is 12.2 Å². The predicted octanol–water partition coefficient (Wildman–Crippen LogP) is 0.972. The third-order valence-electron chi connectivity index (χ3n) is 0.968. The first-order valence-electron chi connectivity index (χ1n) is 3.10. The summed E-state index contributed by atoms with van der Waals surface area (Å²) >= 11 is 0. The fourth-order valence-electron chi connectivity index (χ4n) is 0.347. The molecule has 2 heteroatoms. The van der Waals surface area contributed by atoms with Crippen LogP contribution in [0.2, 0.25) is 0 Å². The standard InChI is InChI=1S/C7H14N2/c1-3-7(2)9-6-4-5-8/h4,6,9H,2-3,5,8H2,1H3/b6-4-. The van der Waals surface area contributed by atoms with Crippen LogP contribution in [0.4, 0.5) is 0 Å². The number of allylic oxidation sites excluding steroid dienone is 1. The summed E-state index contributed by atoms with van der Waals surface area (Å²) in [7, 11) is 0. The first-order valence-corrected chi connectivity index (χ1v) is 3.10. The first-order chi connectivity index (χ1) is 4.31. The topological polar surface area (TPSA) is 38.0 Å². The van der Waals surface area contributed by atoms with E-state index in [9.17, 15) is 0 Å². The Bertz CT molecular complexity index is 105. The Morgan fingerprint density at radius 3 is 2.89 bits per heavy atom. The summed E-state index contributed by atoms with van der Waals surface area (Å²) in [4.78, 5) is 0. The lowest BCUT2D eigenvalue weighted by molar-refractivity contribution is 0.948. The molecule has 0 spiro atoms. The highest BCUT2D eigenvalue weighted by molar-refractivity contribution is 4.96. The van der Waals surface area contributed by atoms with Crippen molar-refractivity contribution in [1.82, 2.24) is 5.32 Å². The Morgan fingerprint density at radius 1 is 1.78 bits per heavy atom. The number of nitrogens with one attached hydrogen (secondary N) is 1. The number of nitrogens with two attached hydrogens (primary N) is 1. The average molecular weight is 126 g/mol. The van der Waals surface area contributed by atoms with Gasteiger partial charge in [-0.2, -0.15) is 0 Å². The van der Waals surface area contributed by atoms with E-state index in [1.807, 2.05) is 19.2 Å². The average Bonchev–Trinajstić information content (AvgIpc) is 1.89. The van der Waals surface area contributed by atoms with E-state index < -0.39 is 0 Å². The van der Waals surface area contributed by atoms with Crippen LogP contribution in [-0.4, -0.2) is 6.54 Å². The maximum atomic E-state index is 5.20. The molecule has 0 unspecified atom stereocenters. The molecule has 0 rings (SSSR count). The van der Waals surface area contributed by atoms with Crippen LogP contribution >= 0.6 is 0 Å². The number of hydrogen-bond acceptors (Lipinski definition) is 2. The normalized spacial score (nSPS) is 10.0. The third-order valence-corrected chi connectivity index (χ3v) is 0.968. The molecule has 0 bridgehead atoms. The van der Waals surface area contributed by atoms with Crippen molar-refractivity contribution in [3.8, 4) is 0 Å². The molecule has 0 atom stereocenters. The molecule has 3 N–H and O–H groups in total. The van der Waals surface area contributed by atoms with E-state index in [1.165, 1.54) is 0 Å². The van der Waals surface area contributed by atoms with E-state index in [4.69, 9.17) is 5.73 Å². The first kappa shape index (κ1) is 8.24. The van der Waals surface area contributed by atoms with Crippen molar-refractivity contribution in [3.05, 3.63) is 24.6 Å². The van der Waals surface area contributed by atoms with Gasteiger partial charge < -0.3 is 11.1 Å². The van der Waals surface area contributed by atoms with Crippen molar-refractivity contribution in [2.24, 2.45) is 5.73 Å². The van der Waals surface area contributed by atoms with E-state index in [-0.39, 0.29) is 0 Å². The highest BCUT2D eigenvalue weighted by Crippen LogP contribution is 1.88. The van der Waals surface area contributed by atoms with Crippen molar-refractivity contribution in [2.75, 3.05) is 6.54 Å². The Balaban J connectivity index is 3.26. The fraction of sp³-hybridized carbons (Fsp3) is 0.429. The molecule has 0 aromatic rings. The second-order valence-corrected chi connectivity index (χ2v) is 1.74. The van der Waals surface area contributed by atoms with Gasteiger partial charge in [-0.3, -0.25) is 0 Å². The van der Waals surface area contributed by atoms with Crippen molar-refractivity contribution in [2.45, 2.75) is 13.3 Å². The summed E-state index contributed by atoms with van der Waals surface area (Å²) in [6, 6.07) is 0. The molecule has 0 saturated heterocycles. The molecule has 0 heterocycles. The Labute approximate surface area is 56.4 Å². The summed E-state index contributed by atoms with van der Waals surface area (Å²) in [6.45, 7) is 6.36. The molecule has 2 nitrogen and oxygen atoms in total. The maximum absolute atomic E-state index is 5.20. The van der Waals surface area contributed by atoms with Crippen LogP contribution in [0.5, 0.6) is 0 Å². The number of hydrogen-bond donors (Lipinski definition) is 2. The van der Waals surface area contributed by atoms with Crippen LogP contribution in [0.15, 0.2) is 24.6 Å². The van der Waals surface area contributed by atoms with Gasteiger partial charge in [0.1, 0.15) is 0 Å². The summed E-state index contributed by atoms with van der Waals surface area (Å²) in [6.07, 6.45) is 4.61. The van der Waals surface area contributed by atoms with Crippen LogP contribution in [0, 0.1) is 0 Å². The van der Waals surface area contributed by atoms with Crippen molar-refractivity contribution >= 4 is 0 Å². The largest absolute Gasteiger partial charge is 0.366 e. The Hall–Kier alpha value is -0.760. The lowest BCUT2D eigenvalue weighted by atomic mass is 10.4. The second-order valence-electron chi connectivity index (χ2n) is 1.74. The van der Waals surface area contributed by atoms with Gasteiger partial charge in [0.25, 0.3) is 0 Å². The van der Waals surface area contributed by atoms with E-state index in [0.717, 1.165) is 12.1 Å². The monoisotopic (exact) mass is 126 g/mol. The van der Waals surface area contributed by atoms with E-state index in [1.54, 1.807) is 0 Å². The summed E-state index contributed by atoms with van der Waals surface area (Å²) < 4.78 is 0. The smallest absolute Gasteiger partial charge is 0.0124 e. The molecular formula is C7H14N2. The SMILES string of the molecule is C=C(CC)N/C=C\CN. The molecule has 0 aliphatic rings. The van der Waals surface area contributed by atoms with E-state index in [0.29, 0.717) is 6.54 Å². The molecule has 0 fully saturated rings. The summed E-state index contributed by atoms with van der Waals surface area (Å²) in [5.74, 6) is 0. The van der Waals surface area contributed by atoms with Gasteiger partial charge >= 0.3 is 0 Å². The van der Waals surface area contributed by atoms with E-state index >= 15 is 0 Å². The van der Waals surface area contributed by atoms with Gasteiger partial charge in [-0.05, 0) is 12.6 Å². The summed E-state index contributed by atoms with van der Waals surface area (Å²) in [5, 5.41) is 2.98. The fourth-order valence-corrected chi connectivity index (χ4v) is 0.347. The van der Waals surface area contributed by atoms with E-state index in [2.05, 4.69) is 11.9 Å². The van der Waals surface area contributed by atoms with Gasteiger partial charge in [0.15, 0.2) is 0 Å². The molecule has 0 aromatic heterocycles. The van der Waals surface area contributed by atoms with Crippen molar-refractivity contribution in [1.29, 1.82) is 0 Å². The zero-order valence-electron chi connectivity index (χ0n) is 5.85. The molecule has 0 saturated carbocycles. The highest BCUT2D eigenvalue weighted by Gasteiger charge is 1.79. The lowest BCUT2D eigenvalue weighted by Crippen LogP contribution is -2.03. The number of rotatable bonds is 4. The highest BCUT2D eigenvalue weighted by atomic mass is 14.8. The van der Waals surface area contributed by atoms with Crippen molar-refractivity contribution in [3.63, 3.8) is 0 Å². The minimum absolute atomic E-state index is 0.573. The molecule has 0 aliphatic heterocycles. The van der Waals surface area contributed by atoms with Gasteiger partial charge in [0.05, 0.1) is 0 Å². The summed E-state index contributed by atoms with van der Waals surface area (Å²) in [5.41, 5.74) is 6.21. The van der Waals surface area contributed by atoms with Gasteiger partial charge in [-0.25, -0.2) is 0 Å².